The van der Waals surface area contributed by atoms with E-state index in [4.69, 9.17) is 48.0 Å². The zero-order valence-corrected chi connectivity index (χ0v) is 15.2. The highest BCUT2D eigenvalue weighted by Gasteiger charge is 2.55. The fraction of sp³-hybridized carbons (Fsp3) is 0.455. The zero-order valence-electron chi connectivity index (χ0n) is 11.2. The van der Waals surface area contributed by atoms with E-state index in [2.05, 4.69) is 0 Å². The molecule has 124 valence electrons. The second-order valence-corrected chi connectivity index (χ2v) is 10.5. The molecule has 0 amide bonds. The molecule has 3 atom stereocenters. The van der Waals surface area contributed by atoms with Crippen LogP contribution in [0, 0.1) is 0 Å². The minimum absolute atomic E-state index is 0.0245. The first-order valence-corrected chi connectivity index (χ1v) is 10.2. The molecule has 0 aliphatic carbocycles. The van der Waals surface area contributed by atoms with Gasteiger partial charge in [-0.1, -0.05) is 53.0 Å². The number of hydrogen-bond donors (Lipinski definition) is 0. The Hall–Kier alpha value is 0.150. The first-order chi connectivity index (χ1) is 10.0. The van der Waals surface area contributed by atoms with Crippen molar-refractivity contribution in [3.8, 4) is 0 Å². The van der Waals surface area contributed by atoms with E-state index in [0.717, 1.165) is 0 Å². The summed E-state index contributed by atoms with van der Waals surface area (Å²) in [5.74, 6) is -1.92. The number of halogens is 3. The molecule has 11 heteroatoms. The summed E-state index contributed by atoms with van der Waals surface area (Å²) < 4.78 is 49.7. The van der Waals surface area contributed by atoms with Crippen molar-refractivity contribution >= 4 is 52.5 Å². The molecule has 0 spiro atoms. The van der Waals surface area contributed by atoms with Crippen LogP contribution in [0.1, 0.15) is 6.92 Å². The molecule has 22 heavy (non-hydrogen) atoms. The van der Waals surface area contributed by atoms with Gasteiger partial charge in [-0.3, -0.25) is 4.57 Å². The highest BCUT2D eigenvalue weighted by atomic mass is 35.6. The molecule has 1 aromatic carbocycles. The third-order valence-electron chi connectivity index (χ3n) is 2.63. The molecule has 0 aromatic heterocycles. The molecule has 2 rings (SSSR count). The van der Waals surface area contributed by atoms with Gasteiger partial charge >= 0.3 is 7.60 Å². The second kappa shape index (κ2) is 6.57. The molecule has 6 nitrogen and oxygen atoms in total. The molecule has 1 saturated heterocycles. The summed E-state index contributed by atoms with van der Waals surface area (Å²) in [6.45, 7) is 1.56. The highest BCUT2D eigenvalue weighted by Crippen LogP contribution is 2.64. The SMILES string of the molecule is C[C@H]1CO[P@@](=O)([C@H](OS(=O)(=O)c2ccccc2)C(Cl)(Cl)Cl)O1. The summed E-state index contributed by atoms with van der Waals surface area (Å²) in [6.07, 6.45) is -0.538. The summed E-state index contributed by atoms with van der Waals surface area (Å²) in [6, 6.07) is 7.19. The van der Waals surface area contributed by atoms with Crippen molar-refractivity contribution in [1.82, 2.24) is 0 Å². The van der Waals surface area contributed by atoms with Gasteiger partial charge in [0.1, 0.15) is 0 Å². The third kappa shape index (κ3) is 4.16. The lowest BCUT2D eigenvalue weighted by atomic mass is 10.4. The Kier molecular flexibility index (Phi) is 5.52. The fourth-order valence-electron chi connectivity index (χ4n) is 1.69. The van der Waals surface area contributed by atoms with Crippen molar-refractivity contribution < 1.29 is 26.2 Å². The second-order valence-electron chi connectivity index (χ2n) is 4.51. The minimum atomic E-state index is -4.32. The van der Waals surface area contributed by atoms with Gasteiger partial charge in [-0.05, 0) is 19.1 Å². The number of hydrogen-bond acceptors (Lipinski definition) is 6. The van der Waals surface area contributed by atoms with E-state index in [1.54, 1.807) is 13.0 Å². The van der Waals surface area contributed by atoms with Gasteiger partial charge in [-0.25, -0.2) is 4.18 Å². The fourth-order valence-corrected chi connectivity index (χ4v) is 6.45. The van der Waals surface area contributed by atoms with E-state index in [0.29, 0.717) is 0 Å². The normalized spacial score (nSPS) is 27.7. The topological polar surface area (TPSA) is 78.9 Å². The standard InChI is InChI=1S/C11H12Cl3O6PS/c1-8-7-18-21(15,19-8)10(11(12,13)14)20-22(16,17)9-5-3-2-4-6-9/h2-6,8,10H,7H2,1H3/t8-,10-,21-/m0/s1. The molecule has 1 aromatic rings. The zero-order chi connectivity index (χ0) is 16.6. The van der Waals surface area contributed by atoms with E-state index in [1.165, 1.54) is 24.3 Å². The molecular weight excluding hydrogens is 398 g/mol. The molecular formula is C11H12Cl3O6PS. The van der Waals surface area contributed by atoms with E-state index >= 15 is 0 Å². The maximum absolute atomic E-state index is 12.6. The average molecular weight is 410 g/mol. The molecule has 1 fully saturated rings. The maximum Gasteiger partial charge on any atom is 0.365 e. The summed E-state index contributed by atoms with van der Waals surface area (Å²) >= 11 is 17.2. The van der Waals surface area contributed by atoms with Crippen LogP contribution in [0.2, 0.25) is 0 Å². The van der Waals surface area contributed by atoms with Crippen LogP contribution >= 0.6 is 42.4 Å². The quantitative estimate of drug-likeness (QED) is 0.428. The molecule has 0 saturated carbocycles. The summed E-state index contributed by atoms with van der Waals surface area (Å²) in [5.41, 5.74) is 0. The number of rotatable bonds is 4. The Labute approximate surface area is 143 Å². The molecule has 0 unspecified atom stereocenters. The van der Waals surface area contributed by atoms with E-state index in [-0.39, 0.29) is 11.5 Å². The smallest absolute Gasteiger partial charge is 0.304 e. The van der Waals surface area contributed by atoms with Crippen molar-refractivity contribution in [2.24, 2.45) is 0 Å². The molecule has 0 bridgehead atoms. The lowest BCUT2D eigenvalue weighted by Gasteiger charge is -2.27. The van der Waals surface area contributed by atoms with Crippen LogP contribution in [0.25, 0.3) is 0 Å². The van der Waals surface area contributed by atoms with Gasteiger partial charge in [-0.15, -0.1) is 0 Å². The molecule has 1 aliphatic heterocycles. The van der Waals surface area contributed by atoms with E-state index in [9.17, 15) is 13.0 Å². The monoisotopic (exact) mass is 408 g/mol. The van der Waals surface area contributed by atoms with Crippen LogP contribution in [-0.2, 0) is 27.9 Å². The van der Waals surface area contributed by atoms with Gasteiger partial charge in [0.15, 0.2) is 0 Å². The maximum atomic E-state index is 12.6. The predicted octanol–water partition coefficient (Wildman–Crippen LogP) is 3.72. The lowest BCUT2D eigenvalue weighted by Crippen LogP contribution is -2.31. The number of benzene rings is 1. The first kappa shape index (κ1) is 18.5. The Balaban J connectivity index is 2.35. The third-order valence-corrected chi connectivity index (χ3v) is 7.35. The molecule has 0 radical (unpaired) electrons. The Morgan fingerprint density at radius 1 is 1.32 bits per heavy atom. The van der Waals surface area contributed by atoms with Gasteiger partial charge in [0, 0.05) is 0 Å². The first-order valence-electron chi connectivity index (χ1n) is 6.02. The van der Waals surface area contributed by atoms with Gasteiger partial charge in [0.25, 0.3) is 10.1 Å². The van der Waals surface area contributed by atoms with Crippen LogP contribution < -0.4 is 0 Å². The molecule has 1 aliphatic rings. The Bertz CT molecular complexity index is 675. The average Bonchev–Trinajstić information content (AvgIpc) is 2.76. The van der Waals surface area contributed by atoms with Crippen molar-refractivity contribution in [1.29, 1.82) is 0 Å². The van der Waals surface area contributed by atoms with Crippen LogP contribution in [0.3, 0.4) is 0 Å². The predicted molar refractivity (Wildman–Crippen MR) is 82.9 cm³/mol. The summed E-state index contributed by atoms with van der Waals surface area (Å²) in [7, 11) is -8.39. The largest absolute Gasteiger partial charge is 0.365 e. The van der Waals surface area contributed by atoms with Crippen molar-refractivity contribution in [3.63, 3.8) is 0 Å². The van der Waals surface area contributed by atoms with Gasteiger partial charge in [0.05, 0.1) is 17.6 Å². The summed E-state index contributed by atoms with van der Waals surface area (Å²) in [5, 5.41) is 0. The summed E-state index contributed by atoms with van der Waals surface area (Å²) in [4.78, 5) is -0.173. The van der Waals surface area contributed by atoms with E-state index in [1.807, 2.05) is 0 Å². The van der Waals surface area contributed by atoms with E-state index < -0.39 is 33.5 Å². The Morgan fingerprint density at radius 2 is 1.91 bits per heavy atom. The van der Waals surface area contributed by atoms with Gasteiger partial charge < -0.3 is 9.05 Å². The number of alkyl halides is 3. The Morgan fingerprint density at radius 3 is 2.36 bits per heavy atom. The van der Waals surface area contributed by atoms with Crippen molar-refractivity contribution in [2.45, 2.75) is 27.6 Å². The van der Waals surface area contributed by atoms with Crippen molar-refractivity contribution in [2.75, 3.05) is 6.61 Å². The highest BCUT2D eigenvalue weighted by molar-refractivity contribution is 7.87. The lowest BCUT2D eigenvalue weighted by molar-refractivity contribution is 0.213. The van der Waals surface area contributed by atoms with Gasteiger partial charge in [0.2, 0.25) is 9.64 Å². The van der Waals surface area contributed by atoms with Crippen LogP contribution in [0.5, 0.6) is 0 Å². The van der Waals surface area contributed by atoms with Gasteiger partial charge in [-0.2, -0.15) is 8.42 Å². The molecule has 1 heterocycles. The van der Waals surface area contributed by atoms with Crippen molar-refractivity contribution in [3.05, 3.63) is 30.3 Å². The van der Waals surface area contributed by atoms with Crippen LogP contribution in [0.15, 0.2) is 35.2 Å². The van der Waals surface area contributed by atoms with Crippen LogP contribution in [-0.4, -0.2) is 30.8 Å². The molecule has 0 N–H and O–H groups in total. The van der Waals surface area contributed by atoms with Crippen LogP contribution in [0.4, 0.5) is 0 Å². The minimum Gasteiger partial charge on any atom is -0.304 e.